The van der Waals surface area contributed by atoms with Gasteiger partial charge in [0.15, 0.2) is 0 Å². The summed E-state index contributed by atoms with van der Waals surface area (Å²) in [6.45, 7) is 2.03. The van der Waals surface area contributed by atoms with Crippen LogP contribution in [0.5, 0.6) is 0 Å². The standard InChI is InChI=1S/C9H14N2OS/c1-2-6-8(10)13-9(11-6)7(12)5-3-4-5/h5,7,12H,2-4,10H2,1H3. The topological polar surface area (TPSA) is 59.1 Å². The van der Waals surface area contributed by atoms with Crippen molar-refractivity contribution in [1.29, 1.82) is 0 Å². The molecule has 0 bridgehead atoms. The summed E-state index contributed by atoms with van der Waals surface area (Å²) in [6.07, 6.45) is 2.73. The Hall–Kier alpha value is -0.610. The minimum Gasteiger partial charge on any atom is -0.389 e. The molecule has 1 aliphatic carbocycles. The Kier molecular flexibility index (Phi) is 2.26. The zero-order valence-electron chi connectivity index (χ0n) is 7.66. The average molecular weight is 198 g/mol. The highest BCUT2D eigenvalue weighted by molar-refractivity contribution is 7.15. The van der Waals surface area contributed by atoms with Gasteiger partial charge < -0.3 is 10.8 Å². The third-order valence-corrected chi connectivity index (χ3v) is 3.40. The van der Waals surface area contributed by atoms with E-state index in [1.807, 2.05) is 6.92 Å². The van der Waals surface area contributed by atoms with Crippen LogP contribution in [-0.4, -0.2) is 10.1 Å². The lowest BCUT2D eigenvalue weighted by Gasteiger charge is -2.02. The van der Waals surface area contributed by atoms with Gasteiger partial charge in [-0.25, -0.2) is 4.98 Å². The van der Waals surface area contributed by atoms with Crippen molar-refractivity contribution >= 4 is 16.3 Å². The van der Waals surface area contributed by atoms with Crippen LogP contribution in [0.4, 0.5) is 5.00 Å². The molecule has 0 saturated heterocycles. The molecule has 1 aliphatic rings. The maximum atomic E-state index is 9.79. The van der Waals surface area contributed by atoms with Crippen LogP contribution in [0.1, 0.15) is 36.6 Å². The van der Waals surface area contributed by atoms with E-state index in [9.17, 15) is 5.11 Å². The lowest BCUT2D eigenvalue weighted by molar-refractivity contribution is 0.153. The van der Waals surface area contributed by atoms with Gasteiger partial charge in [0.25, 0.3) is 0 Å². The maximum Gasteiger partial charge on any atom is 0.124 e. The summed E-state index contributed by atoms with van der Waals surface area (Å²) in [5.41, 5.74) is 6.69. The van der Waals surface area contributed by atoms with E-state index in [-0.39, 0.29) is 6.10 Å². The summed E-state index contributed by atoms with van der Waals surface area (Å²) < 4.78 is 0. The van der Waals surface area contributed by atoms with Crippen LogP contribution in [0.2, 0.25) is 0 Å². The number of rotatable bonds is 3. The van der Waals surface area contributed by atoms with Gasteiger partial charge in [-0.05, 0) is 25.2 Å². The summed E-state index contributed by atoms with van der Waals surface area (Å²) in [6, 6.07) is 0. The van der Waals surface area contributed by atoms with Gasteiger partial charge in [0.05, 0.1) is 5.69 Å². The number of aryl methyl sites for hydroxylation is 1. The van der Waals surface area contributed by atoms with E-state index < -0.39 is 0 Å². The number of nitrogen functional groups attached to an aromatic ring is 1. The number of nitrogens with zero attached hydrogens (tertiary/aromatic N) is 1. The summed E-state index contributed by atoms with van der Waals surface area (Å²) in [5, 5.41) is 11.3. The highest BCUT2D eigenvalue weighted by atomic mass is 32.1. The molecular formula is C9H14N2OS. The van der Waals surface area contributed by atoms with Crippen LogP contribution in [0.25, 0.3) is 0 Å². The normalized spacial score (nSPS) is 18.9. The van der Waals surface area contributed by atoms with Gasteiger partial charge in [0.1, 0.15) is 16.1 Å². The smallest absolute Gasteiger partial charge is 0.124 e. The molecule has 72 valence electrons. The van der Waals surface area contributed by atoms with Gasteiger partial charge in [-0.2, -0.15) is 0 Å². The van der Waals surface area contributed by atoms with Crippen molar-refractivity contribution in [2.45, 2.75) is 32.3 Å². The number of aromatic nitrogens is 1. The molecule has 0 amide bonds. The monoisotopic (exact) mass is 198 g/mol. The van der Waals surface area contributed by atoms with Gasteiger partial charge in [-0.3, -0.25) is 0 Å². The van der Waals surface area contributed by atoms with Gasteiger partial charge in [0.2, 0.25) is 0 Å². The number of hydrogen-bond donors (Lipinski definition) is 2. The van der Waals surface area contributed by atoms with Crippen LogP contribution in [0, 0.1) is 5.92 Å². The minimum atomic E-state index is -0.368. The highest BCUT2D eigenvalue weighted by Crippen LogP contribution is 2.42. The second kappa shape index (κ2) is 3.27. The van der Waals surface area contributed by atoms with Crippen LogP contribution in [0.15, 0.2) is 0 Å². The first-order chi connectivity index (χ1) is 6.22. The van der Waals surface area contributed by atoms with Crippen molar-refractivity contribution in [3.63, 3.8) is 0 Å². The van der Waals surface area contributed by atoms with E-state index in [1.165, 1.54) is 11.3 Å². The molecule has 0 aromatic carbocycles. The van der Waals surface area contributed by atoms with Crippen LogP contribution in [-0.2, 0) is 6.42 Å². The van der Waals surface area contributed by atoms with E-state index in [0.717, 1.165) is 35.0 Å². The number of anilines is 1. The number of nitrogens with two attached hydrogens (primary N) is 1. The van der Waals surface area contributed by atoms with E-state index in [1.54, 1.807) is 0 Å². The molecule has 3 N–H and O–H groups in total. The molecule has 1 heterocycles. The molecule has 0 radical (unpaired) electrons. The molecule has 1 aromatic rings. The predicted molar refractivity (Wildman–Crippen MR) is 53.6 cm³/mol. The Morgan fingerprint density at radius 3 is 2.85 bits per heavy atom. The lowest BCUT2D eigenvalue weighted by Crippen LogP contribution is -1.98. The SMILES string of the molecule is CCc1nc(C(O)C2CC2)sc1N. The quantitative estimate of drug-likeness (QED) is 0.777. The Labute approximate surface area is 81.6 Å². The molecule has 1 aromatic heterocycles. The van der Waals surface area contributed by atoms with Crippen molar-refractivity contribution in [3.8, 4) is 0 Å². The zero-order chi connectivity index (χ0) is 9.42. The fourth-order valence-electron chi connectivity index (χ4n) is 1.38. The molecule has 1 atom stereocenters. The molecule has 4 heteroatoms. The second-order valence-electron chi connectivity index (χ2n) is 3.50. The molecule has 3 nitrogen and oxygen atoms in total. The molecule has 1 saturated carbocycles. The fraction of sp³-hybridized carbons (Fsp3) is 0.667. The number of aliphatic hydroxyl groups is 1. The van der Waals surface area contributed by atoms with E-state index >= 15 is 0 Å². The number of hydrogen-bond acceptors (Lipinski definition) is 4. The largest absolute Gasteiger partial charge is 0.389 e. The van der Waals surface area contributed by atoms with E-state index in [2.05, 4.69) is 4.98 Å². The Bertz CT molecular complexity index is 307. The van der Waals surface area contributed by atoms with E-state index in [4.69, 9.17) is 5.73 Å². The highest BCUT2D eigenvalue weighted by Gasteiger charge is 2.33. The first-order valence-electron chi connectivity index (χ1n) is 4.65. The molecular weight excluding hydrogens is 184 g/mol. The van der Waals surface area contributed by atoms with Gasteiger partial charge in [0, 0.05) is 0 Å². The summed E-state index contributed by atoms with van der Waals surface area (Å²) >= 11 is 1.43. The molecule has 1 unspecified atom stereocenters. The molecule has 1 fully saturated rings. The average Bonchev–Trinajstić information content (AvgIpc) is 2.89. The first kappa shape index (κ1) is 8.97. The van der Waals surface area contributed by atoms with Crippen molar-refractivity contribution < 1.29 is 5.11 Å². The fourth-order valence-corrected chi connectivity index (χ4v) is 2.38. The Balaban J connectivity index is 2.19. The third-order valence-electron chi connectivity index (χ3n) is 2.40. The number of thiazole rings is 1. The summed E-state index contributed by atoms with van der Waals surface area (Å²) in [5.74, 6) is 0.440. The molecule has 0 aliphatic heterocycles. The Morgan fingerprint density at radius 1 is 1.69 bits per heavy atom. The first-order valence-corrected chi connectivity index (χ1v) is 5.47. The lowest BCUT2D eigenvalue weighted by atomic mass is 10.2. The summed E-state index contributed by atoms with van der Waals surface area (Å²) in [7, 11) is 0. The van der Waals surface area contributed by atoms with Gasteiger partial charge >= 0.3 is 0 Å². The van der Waals surface area contributed by atoms with Crippen LogP contribution in [0.3, 0.4) is 0 Å². The van der Waals surface area contributed by atoms with Crippen molar-refractivity contribution in [1.82, 2.24) is 4.98 Å². The van der Waals surface area contributed by atoms with Crippen LogP contribution >= 0.6 is 11.3 Å². The molecule has 13 heavy (non-hydrogen) atoms. The van der Waals surface area contributed by atoms with Crippen molar-refractivity contribution in [2.75, 3.05) is 5.73 Å². The van der Waals surface area contributed by atoms with Gasteiger partial charge in [-0.15, -0.1) is 0 Å². The predicted octanol–water partition coefficient (Wildman–Crippen LogP) is 1.73. The molecule has 0 spiro atoms. The van der Waals surface area contributed by atoms with Crippen molar-refractivity contribution in [2.24, 2.45) is 5.92 Å². The van der Waals surface area contributed by atoms with E-state index in [0.29, 0.717) is 5.92 Å². The zero-order valence-corrected chi connectivity index (χ0v) is 8.47. The van der Waals surface area contributed by atoms with Crippen molar-refractivity contribution in [3.05, 3.63) is 10.7 Å². The van der Waals surface area contributed by atoms with Gasteiger partial charge in [-0.1, -0.05) is 18.3 Å². The van der Waals surface area contributed by atoms with Crippen LogP contribution < -0.4 is 5.73 Å². The summed E-state index contributed by atoms with van der Waals surface area (Å²) in [4.78, 5) is 4.33. The second-order valence-corrected chi connectivity index (χ2v) is 4.56. The minimum absolute atomic E-state index is 0.368. The number of aliphatic hydroxyl groups excluding tert-OH is 1. The molecule has 2 rings (SSSR count). The third kappa shape index (κ3) is 1.69. The maximum absolute atomic E-state index is 9.79. The Morgan fingerprint density at radius 2 is 2.38 bits per heavy atom.